The van der Waals surface area contributed by atoms with Gasteiger partial charge >= 0.3 is 6.36 Å². The monoisotopic (exact) mass is 380 g/mol. The Morgan fingerprint density at radius 3 is 2.67 bits per heavy atom. The Morgan fingerprint density at radius 2 is 2.00 bits per heavy atom. The number of imidazole rings is 1. The molecule has 0 radical (unpaired) electrons. The summed E-state index contributed by atoms with van der Waals surface area (Å²) in [6.07, 6.45) is -3.23. The predicted octanol–water partition coefficient (Wildman–Crippen LogP) is 3.72. The van der Waals surface area contributed by atoms with Crippen LogP contribution in [0, 0.1) is 5.92 Å². The highest BCUT2D eigenvalue weighted by Crippen LogP contribution is 2.28. The van der Waals surface area contributed by atoms with E-state index in [0.29, 0.717) is 22.7 Å². The molecular weight excluding hydrogens is 361 g/mol. The van der Waals surface area contributed by atoms with Crippen LogP contribution in [0.1, 0.15) is 13.8 Å². The molecule has 1 atom stereocenters. The van der Waals surface area contributed by atoms with E-state index in [2.05, 4.69) is 20.1 Å². The summed E-state index contributed by atoms with van der Waals surface area (Å²) in [5.74, 6) is 0.396. The van der Waals surface area contributed by atoms with Gasteiger partial charge in [0.05, 0.1) is 24.5 Å². The highest BCUT2D eigenvalue weighted by atomic mass is 19.4. The third-order valence-corrected chi connectivity index (χ3v) is 4.06. The Kier molecular flexibility index (Phi) is 5.22. The van der Waals surface area contributed by atoms with Gasteiger partial charge in [0.1, 0.15) is 11.6 Å². The lowest BCUT2D eigenvalue weighted by Crippen LogP contribution is -2.30. The summed E-state index contributed by atoms with van der Waals surface area (Å²) in [7, 11) is 0. The Bertz CT molecular complexity index is 924. The molecule has 0 aliphatic heterocycles. The number of nitrogens with zero attached hydrogens (tertiary/aromatic N) is 3. The van der Waals surface area contributed by atoms with Crippen LogP contribution in [-0.4, -0.2) is 38.7 Å². The van der Waals surface area contributed by atoms with Crippen molar-refractivity contribution in [1.29, 1.82) is 0 Å². The number of halogens is 3. The number of hydrogen-bond acceptors (Lipinski definition) is 5. The average Bonchev–Trinajstić information content (AvgIpc) is 3.01. The maximum Gasteiger partial charge on any atom is 0.573 e. The van der Waals surface area contributed by atoms with Gasteiger partial charge in [-0.15, -0.1) is 18.3 Å². The van der Waals surface area contributed by atoms with E-state index in [4.69, 9.17) is 0 Å². The molecule has 0 fully saturated rings. The van der Waals surface area contributed by atoms with Crippen molar-refractivity contribution in [2.24, 2.45) is 5.92 Å². The quantitative estimate of drug-likeness (QED) is 0.682. The molecule has 0 saturated heterocycles. The van der Waals surface area contributed by atoms with Gasteiger partial charge in [-0.3, -0.25) is 0 Å². The third-order valence-electron chi connectivity index (χ3n) is 4.06. The van der Waals surface area contributed by atoms with E-state index in [1.807, 2.05) is 13.8 Å². The highest BCUT2D eigenvalue weighted by Gasteiger charge is 2.31. The Hall–Kier alpha value is -2.81. The molecule has 0 amide bonds. The van der Waals surface area contributed by atoms with Gasteiger partial charge in [0.2, 0.25) is 0 Å². The van der Waals surface area contributed by atoms with Gasteiger partial charge in [0.25, 0.3) is 0 Å². The molecule has 1 unspecified atom stereocenters. The number of alkyl halides is 3. The molecule has 2 aromatic heterocycles. The molecule has 2 N–H and O–H groups in total. The van der Waals surface area contributed by atoms with Crippen LogP contribution in [0.2, 0.25) is 0 Å². The number of aliphatic hydroxyl groups is 1. The first kappa shape index (κ1) is 19.0. The minimum Gasteiger partial charge on any atom is -0.406 e. The number of nitrogens with one attached hydrogen (secondary N) is 1. The normalized spacial score (nSPS) is 13.1. The fraction of sp³-hybridized carbons (Fsp3) is 0.333. The van der Waals surface area contributed by atoms with Crippen LogP contribution >= 0.6 is 0 Å². The lowest BCUT2D eigenvalue weighted by molar-refractivity contribution is -0.274. The van der Waals surface area contributed by atoms with Crippen LogP contribution in [0.3, 0.4) is 0 Å². The van der Waals surface area contributed by atoms with Crippen molar-refractivity contribution < 1.29 is 23.0 Å². The molecule has 27 heavy (non-hydrogen) atoms. The smallest absolute Gasteiger partial charge is 0.406 e. The lowest BCUT2D eigenvalue weighted by atomic mass is 10.1. The molecule has 0 aliphatic rings. The van der Waals surface area contributed by atoms with Crippen LogP contribution in [0.4, 0.5) is 19.0 Å². The van der Waals surface area contributed by atoms with Crippen LogP contribution in [0.25, 0.3) is 16.9 Å². The number of anilines is 1. The fourth-order valence-electron chi connectivity index (χ4n) is 2.61. The molecule has 0 saturated carbocycles. The number of fused-ring (bicyclic) bond motifs is 1. The Morgan fingerprint density at radius 1 is 1.22 bits per heavy atom. The number of ether oxygens (including phenoxy) is 1. The van der Waals surface area contributed by atoms with Crippen LogP contribution in [-0.2, 0) is 0 Å². The van der Waals surface area contributed by atoms with E-state index < -0.39 is 6.36 Å². The van der Waals surface area contributed by atoms with Gasteiger partial charge in [-0.2, -0.15) is 0 Å². The summed E-state index contributed by atoms with van der Waals surface area (Å²) in [6.45, 7) is 3.90. The minimum absolute atomic E-state index is 0.0506. The van der Waals surface area contributed by atoms with Gasteiger partial charge in [-0.1, -0.05) is 26.0 Å². The number of aliphatic hydroxyl groups excluding tert-OH is 1. The van der Waals surface area contributed by atoms with E-state index in [9.17, 15) is 18.3 Å². The predicted molar refractivity (Wildman–Crippen MR) is 94.4 cm³/mol. The van der Waals surface area contributed by atoms with Gasteiger partial charge in [-0.05, 0) is 30.2 Å². The first-order valence-electron chi connectivity index (χ1n) is 8.35. The molecule has 9 heteroatoms. The second kappa shape index (κ2) is 7.43. The van der Waals surface area contributed by atoms with E-state index in [1.165, 1.54) is 28.9 Å². The van der Waals surface area contributed by atoms with Gasteiger partial charge < -0.3 is 15.2 Å². The van der Waals surface area contributed by atoms with Crippen molar-refractivity contribution in [2.75, 3.05) is 11.9 Å². The molecule has 144 valence electrons. The fourth-order valence-corrected chi connectivity index (χ4v) is 2.61. The SMILES string of the molecule is CC(C)C(CO)Nc1ccc2ncc(-c3cccc(OC(F)(F)F)c3)n2n1. The Labute approximate surface area is 153 Å². The zero-order chi connectivity index (χ0) is 19.6. The molecule has 3 rings (SSSR count). The first-order chi connectivity index (χ1) is 12.8. The maximum absolute atomic E-state index is 12.5. The second-order valence-electron chi connectivity index (χ2n) is 6.39. The molecule has 2 heterocycles. The maximum atomic E-state index is 12.5. The number of hydrogen-bond donors (Lipinski definition) is 2. The summed E-state index contributed by atoms with van der Waals surface area (Å²) < 4.78 is 42.9. The van der Waals surface area contributed by atoms with Crippen molar-refractivity contribution in [1.82, 2.24) is 14.6 Å². The summed E-state index contributed by atoms with van der Waals surface area (Å²) in [4.78, 5) is 4.24. The largest absolute Gasteiger partial charge is 0.573 e. The lowest BCUT2D eigenvalue weighted by Gasteiger charge is -2.20. The van der Waals surface area contributed by atoms with Gasteiger partial charge in [0.15, 0.2) is 5.65 Å². The number of benzene rings is 1. The number of rotatable bonds is 6. The second-order valence-corrected chi connectivity index (χ2v) is 6.39. The Balaban J connectivity index is 1.96. The molecule has 1 aromatic carbocycles. The topological polar surface area (TPSA) is 71.7 Å². The van der Waals surface area contributed by atoms with Crippen molar-refractivity contribution in [2.45, 2.75) is 26.3 Å². The van der Waals surface area contributed by atoms with Gasteiger partial charge in [-0.25, -0.2) is 9.50 Å². The zero-order valence-electron chi connectivity index (χ0n) is 14.7. The van der Waals surface area contributed by atoms with Gasteiger partial charge in [0, 0.05) is 5.56 Å². The van der Waals surface area contributed by atoms with Crippen molar-refractivity contribution in [3.05, 3.63) is 42.6 Å². The third kappa shape index (κ3) is 4.48. The van der Waals surface area contributed by atoms with E-state index in [-0.39, 0.29) is 24.3 Å². The van der Waals surface area contributed by atoms with E-state index in [0.717, 1.165) is 0 Å². The summed E-state index contributed by atoms with van der Waals surface area (Å²) in [5.41, 5.74) is 1.55. The van der Waals surface area contributed by atoms with E-state index >= 15 is 0 Å². The molecule has 6 nitrogen and oxygen atoms in total. The van der Waals surface area contributed by atoms with Crippen LogP contribution in [0.5, 0.6) is 5.75 Å². The zero-order valence-corrected chi connectivity index (χ0v) is 14.7. The van der Waals surface area contributed by atoms with E-state index in [1.54, 1.807) is 18.2 Å². The summed E-state index contributed by atoms with van der Waals surface area (Å²) in [6, 6.07) is 8.94. The standard InChI is InChI=1S/C18H19F3N4O2/c1-11(2)14(10-26)23-16-6-7-17-22-9-15(25(17)24-16)12-4-3-5-13(8-12)27-18(19,20)21/h3-9,11,14,26H,10H2,1-2H3,(H,23,24). The molecule has 3 aromatic rings. The van der Waals surface area contributed by atoms with Crippen LogP contribution < -0.4 is 10.1 Å². The molecule has 0 aliphatic carbocycles. The van der Waals surface area contributed by atoms with Crippen LogP contribution in [0.15, 0.2) is 42.6 Å². The molecule has 0 bridgehead atoms. The molecule has 0 spiro atoms. The highest BCUT2D eigenvalue weighted by molar-refractivity contribution is 5.65. The summed E-state index contributed by atoms with van der Waals surface area (Å²) >= 11 is 0. The molecular formula is C18H19F3N4O2. The number of aromatic nitrogens is 3. The van der Waals surface area contributed by atoms with Crippen molar-refractivity contribution in [3.63, 3.8) is 0 Å². The minimum atomic E-state index is -4.76. The van der Waals surface area contributed by atoms with Crippen molar-refractivity contribution >= 4 is 11.5 Å². The average molecular weight is 380 g/mol. The first-order valence-corrected chi connectivity index (χ1v) is 8.35. The summed E-state index contributed by atoms with van der Waals surface area (Å²) in [5, 5.41) is 17.1. The van der Waals surface area contributed by atoms with Crippen molar-refractivity contribution in [3.8, 4) is 17.0 Å².